The summed E-state index contributed by atoms with van der Waals surface area (Å²) in [6, 6.07) is 4.11. The van der Waals surface area contributed by atoms with E-state index in [1.807, 2.05) is 36.4 Å². The Bertz CT molecular complexity index is 992. The van der Waals surface area contributed by atoms with E-state index in [2.05, 4.69) is 31.0 Å². The van der Waals surface area contributed by atoms with Crippen LogP contribution in [0.4, 0.5) is 16.0 Å². The van der Waals surface area contributed by atoms with E-state index in [0.717, 1.165) is 55.3 Å². The highest BCUT2D eigenvalue weighted by Crippen LogP contribution is 2.26. The first-order valence-corrected chi connectivity index (χ1v) is 9.69. The Hall–Kier alpha value is -2.77. The zero-order valence-corrected chi connectivity index (χ0v) is 16.9. The van der Waals surface area contributed by atoms with E-state index in [9.17, 15) is 4.39 Å². The van der Waals surface area contributed by atoms with Crippen LogP contribution in [0.2, 0.25) is 0 Å². The molecular formula is C20H26FN7. The molecule has 0 radical (unpaired) electrons. The Balaban J connectivity index is 1.45. The maximum atomic E-state index is 14.3. The fourth-order valence-electron chi connectivity index (χ4n) is 3.95. The fraction of sp³-hybridized carbons (Fsp3) is 0.500. The molecule has 28 heavy (non-hydrogen) atoms. The topological polar surface area (TPSA) is 62.5 Å². The summed E-state index contributed by atoms with van der Waals surface area (Å²) < 4.78 is 16.2. The lowest BCUT2D eigenvalue weighted by molar-refractivity contribution is 0.403. The molecular weight excluding hydrogens is 357 g/mol. The standard InChI is InChI=1S/C20H26FN7/c1-13-10-18(28-17(24-13)9-14(2)25-28)27-7-5-16(6-8-27)11-26(4)20-19(21)15(3)22-12-23-20/h9-10,12,16H,5-8,11H2,1-4H3. The summed E-state index contributed by atoms with van der Waals surface area (Å²) in [6.45, 7) is 8.35. The predicted molar refractivity (Wildman–Crippen MR) is 107 cm³/mol. The normalized spacial score (nSPS) is 15.4. The number of aryl methyl sites for hydroxylation is 3. The van der Waals surface area contributed by atoms with Crippen molar-refractivity contribution in [2.75, 3.05) is 36.5 Å². The molecule has 3 aromatic rings. The van der Waals surface area contributed by atoms with Crippen LogP contribution in [0.1, 0.15) is 29.9 Å². The van der Waals surface area contributed by atoms with Crippen molar-refractivity contribution in [2.45, 2.75) is 33.6 Å². The molecule has 1 aliphatic rings. The van der Waals surface area contributed by atoms with Gasteiger partial charge in [-0.3, -0.25) is 0 Å². The second kappa shape index (κ2) is 7.33. The molecule has 1 saturated heterocycles. The highest BCUT2D eigenvalue weighted by molar-refractivity contribution is 5.52. The molecule has 148 valence electrons. The van der Waals surface area contributed by atoms with Gasteiger partial charge in [-0.15, -0.1) is 0 Å². The van der Waals surface area contributed by atoms with Crippen molar-refractivity contribution < 1.29 is 4.39 Å². The van der Waals surface area contributed by atoms with Gasteiger partial charge in [0.2, 0.25) is 0 Å². The smallest absolute Gasteiger partial charge is 0.186 e. The van der Waals surface area contributed by atoms with Crippen molar-refractivity contribution in [1.82, 2.24) is 24.6 Å². The van der Waals surface area contributed by atoms with E-state index >= 15 is 0 Å². The van der Waals surface area contributed by atoms with Crippen LogP contribution >= 0.6 is 0 Å². The van der Waals surface area contributed by atoms with Gasteiger partial charge in [0.05, 0.1) is 11.4 Å². The van der Waals surface area contributed by atoms with Crippen LogP contribution < -0.4 is 9.80 Å². The number of piperidine rings is 1. The molecule has 0 unspecified atom stereocenters. The van der Waals surface area contributed by atoms with Crippen LogP contribution in [-0.2, 0) is 0 Å². The Kier molecular flexibility index (Phi) is 4.87. The van der Waals surface area contributed by atoms with Crippen LogP contribution in [0.15, 0.2) is 18.5 Å². The molecule has 1 fully saturated rings. The third kappa shape index (κ3) is 3.50. The van der Waals surface area contributed by atoms with Crippen LogP contribution in [0.5, 0.6) is 0 Å². The third-order valence-electron chi connectivity index (χ3n) is 5.44. The van der Waals surface area contributed by atoms with E-state index in [1.165, 1.54) is 6.33 Å². The summed E-state index contributed by atoms with van der Waals surface area (Å²) in [5.74, 6) is 1.65. The highest BCUT2D eigenvalue weighted by atomic mass is 19.1. The van der Waals surface area contributed by atoms with E-state index in [0.29, 0.717) is 17.4 Å². The van der Waals surface area contributed by atoms with Gasteiger partial charge < -0.3 is 9.80 Å². The second-order valence-corrected chi connectivity index (χ2v) is 7.72. The van der Waals surface area contributed by atoms with E-state index in [1.54, 1.807) is 6.92 Å². The van der Waals surface area contributed by atoms with Gasteiger partial charge in [0, 0.05) is 44.5 Å². The Morgan fingerprint density at radius 1 is 1.11 bits per heavy atom. The van der Waals surface area contributed by atoms with Gasteiger partial charge in [-0.1, -0.05) is 0 Å². The molecule has 0 saturated carbocycles. The van der Waals surface area contributed by atoms with Crippen LogP contribution in [0.25, 0.3) is 5.65 Å². The number of fused-ring (bicyclic) bond motifs is 1. The molecule has 0 N–H and O–H groups in total. The zero-order valence-electron chi connectivity index (χ0n) is 16.9. The molecule has 0 aliphatic carbocycles. The molecule has 0 spiro atoms. The minimum atomic E-state index is -0.328. The van der Waals surface area contributed by atoms with Gasteiger partial charge in [0.25, 0.3) is 0 Å². The molecule has 0 aromatic carbocycles. The lowest BCUT2D eigenvalue weighted by Gasteiger charge is -2.35. The van der Waals surface area contributed by atoms with Crippen molar-refractivity contribution in [3.8, 4) is 0 Å². The van der Waals surface area contributed by atoms with Gasteiger partial charge >= 0.3 is 0 Å². The number of hydrogen-bond acceptors (Lipinski definition) is 6. The average molecular weight is 383 g/mol. The summed E-state index contributed by atoms with van der Waals surface area (Å²) >= 11 is 0. The summed E-state index contributed by atoms with van der Waals surface area (Å²) in [4.78, 5) is 16.9. The van der Waals surface area contributed by atoms with Crippen LogP contribution in [0.3, 0.4) is 0 Å². The van der Waals surface area contributed by atoms with Crippen LogP contribution in [-0.4, -0.2) is 51.2 Å². The van der Waals surface area contributed by atoms with E-state index in [4.69, 9.17) is 0 Å². The third-order valence-corrected chi connectivity index (χ3v) is 5.44. The first-order chi connectivity index (χ1) is 13.4. The first kappa shape index (κ1) is 18.6. The number of anilines is 2. The van der Waals surface area contributed by atoms with Gasteiger partial charge in [-0.25, -0.2) is 19.3 Å². The van der Waals surface area contributed by atoms with Crippen molar-refractivity contribution in [3.63, 3.8) is 0 Å². The van der Waals surface area contributed by atoms with Gasteiger partial charge in [0.1, 0.15) is 12.1 Å². The van der Waals surface area contributed by atoms with E-state index < -0.39 is 0 Å². The SMILES string of the molecule is Cc1cc(N2CCC(CN(C)c3ncnc(C)c3F)CC2)n2nc(C)cc2n1. The number of nitrogens with zero attached hydrogens (tertiary/aromatic N) is 7. The van der Waals surface area contributed by atoms with Gasteiger partial charge in [-0.05, 0) is 39.5 Å². The molecule has 4 rings (SSSR count). The van der Waals surface area contributed by atoms with Gasteiger partial charge in [-0.2, -0.15) is 9.61 Å². The maximum absolute atomic E-state index is 14.3. The summed E-state index contributed by atoms with van der Waals surface area (Å²) in [7, 11) is 1.90. The summed E-state index contributed by atoms with van der Waals surface area (Å²) in [6.07, 6.45) is 3.51. The Morgan fingerprint density at radius 3 is 2.61 bits per heavy atom. The predicted octanol–water partition coefficient (Wildman–Crippen LogP) is 2.94. The molecule has 3 aromatic heterocycles. The molecule has 1 aliphatic heterocycles. The molecule has 0 bridgehead atoms. The molecule has 0 amide bonds. The molecule has 7 nitrogen and oxygen atoms in total. The quantitative estimate of drug-likeness (QED) is 0.690. The Labute approximate surface area is 164 Å². The van der Waals surface area contributed by atoms with E-state index in [-0.39, 0.29) is 5.82 Å². The first-order valence-electron chi connectivity index (χ1n) is 9.69. The van der Waals surface area contributed by atoms with Crippen molar-refractivity contribution >= 4 is 17.3 Å². The average Bonchev–Trinajstić information content (AvgIpc) is 3.03. The summed E-state index contributed by atoms with van der Waals surface area (Å²) in [5, 5.41) is 4.60. The number of halogens is 1. The molecule has 8 heteroatoms. The second-order valence-electron chi connectivity index (χ2n) is 7.72. The number of aromatic nitrogens is 5. The van der Waals surface area contributed by atoms with Crippen molar-refractivity contribution in [3.05, 3.63) is 41.4 Å². The van der Waals surface area contributed by atoms with Crippen LogP contribution in [0, 0.1) is 32.5 Å². The van der Waals surface area contributed by atoms with Crippen molar-refractivity contribution in [2.24, 2.45) is 5.92 Å². The highest BCUT2D eigenvalue weighted by Gasteiger charge is 2.24. The molecule has 4 heterocycles. The monoisotopic (exact) mass is 383 g/mol. The number of hydrogen-bond donors (Lipinski definition) is 0. The minimum Gasteiger partial charge on any atom is -0.357 e. The van der Waals surface area contributed by atoms with Crippen molar-refractivity contribution in [1.29, 1.82) is 0 Å². The minimum absolute atomic E-state index is 0.328. The number of rotatable bonds is 4. The van der Waals surface area contributed by atoms with Gasteiger partial charge in [0.15, 0.2) is 17.3 Å². The lowest BCUT2D eigenvalue weighted by atomic mass is 9.96. The summed E-state index contributed by atoms with van der Waals surface area (Å²) in [5.41, 5.74) is 3.25. The fourth-order valence-corrected chi connectivity index (χ4v) is 3.95. The zero-order chi connectivity index (χ0) is 19.8. The largest absolute Gasteiger partial charge is 0.357 e. The molecule has 0 atom stereocenters. The maximum Gasteiger partial charge on any atom is 0.186 e. The lowest BCUT2D eigenvalue weighted by Crippen LogP contribution is -2.39. The Morgan fingerprint density at radius 2 is 1.86 bits per heavy atom.